The van der Waals surface area contributed by atoms with Crippen molar-refractivity contribution < 1.29 is 9.84 Å². The van der Waals surface area contributed by atoms with Crippen molar-refractivity contribution in [2.75, 3.05) is 13.2 Å². The number of imidazole rings is 1. The molecule has 2 aromatic rings. The standard InChI is InChI=1S/C13H16N2O2/c1-15-12-3-2-10(16)8-11(12)14-13(15)9-4-6-17-7-5-9/h2-3,8-9,16H,4-7H2,1H3. The first-order chi connectivity index (χ1) is 8.25. The second-order valence-electron chi connectivity index (χ2n) is 4.59. The van der Waals surface area contributed by atoms with Crippen LogP contribution in [0.3, 0.4) is 0 Å². The van der Waals surface area contributed by atoms with Crippen LogP contribution >= 0.6 is 0 Å². The largest absolute Gasteiger partial charge is 0.508 e. The third-order valence-corrected chi connectivity index (χ3v) is 3.49. The van der Waals surface area contributed by atoms with Crippen LogP contribution in [0.4, 0.5) is 0 Å². The van der Waals surface area contributed by atoms with E-state index < -0.39 is 0 Å². The van der Waals surface area contributed by atoms with Crippen molar-refractivity contribution in [3.63, 3.8) is 0 Å². The minimum atomic E-state index is 0.272. The summed E-state index contributed by atoms with van der Waals surface area (Å²) in [7, 11) is 2.04. The van der Waals surface area contributed by atoms with Gasteiger partial charge >= 0.3 is 0 Å². The van der Waals surface area contributed by atoms with E-state index in [1.807, 2.05) is 13.1 Å². The molecule has 0 saturated carbocycles. The number of hydrogen-bond acceptors (Lipinski definition) is 3. The zero-order chi connectivity index (χ0) is 11.8. The van der Waals surface area contributed by atoms with E-state index in [4.69, 9.17) is 4.74 Å². The molecule has 4 heteroatoms. The van der Waals surface area contributed by atoms with E-state index in [0.717, 1.165) is 42.9 Å². The van der Waals surface area contributed by atoms with Crippen LogP contribution in [0.2, 0.25) is 0 Å². The van der Waals surface area contributed by atoms with Crippen LogP contribution in [0, 0.1) is 0 Å². The van der Waals surface area contributed by atoms with Gasteiger partial charge in [0.25, 0.3) is 0 Å². The summed E-state index contributed by atoms with van der Waals surface area (Å²) in [6.45, 7) is 1.64. The minimum Gasteiger partial charge on any atom is -0.508 e. The van der Waals surface area contributed by atoms with Gasteiger partial charge in [-0.3, -0.25) is 0 Å². The van der Waals surface area contributed by atoms with Crippen molar-refractivity contribution in [1.29, 1.82) is 0 Å². The van der Waals surface area contributed by atoms with Gasteiger partial charge in [-0.2, -0.15) is 0 Å². The van der Waals surface area contributed by atoms with Crippen LogP contribution < -0.4 is 0 Å². The number of fused-ring (bicyclic) bond motifs is 1. The second kappa shape index (κ2) is 4.04. The van der Waals surface area contributed by atoms with E-state index in [0.29, 0.717) is 5.92 Å². The molecule has 1 saturated heterocycles. The Morgan fingerprint density at radius 3 is 2.88 bits per heavy atom. The summed E-state index contributed by atoms with van der Waals surface area (Å²) in [5.74, 6) is 1.85. The minimum absolute atomic E-state index is 0.272. The Morgan fingerprint density at radius 2 is 2.12 bits per heavy atom. The van der Waals surface area contributed by atoms with Gasteiger partial charge < -0.3 is 14.4 Å². The second-order valence-corrected chi connectivity index (χ2v) is 4.59. The molecule has 0 unspecified atom stereocenters. The van der Waals surface area contributed by atoms with Crippen LogP contribution in [0.1, 0.15) is 24.6 Å². The quantitative estimate of drug-likeness (QED) is 0.819. The fourth-order valence-electron chi connectivity index (χ4n) is 2.53. The Bertz CT molecular complexity index is 542. The molecule has 0 amide bonds. The summed E-state index contributed by atoms with van der Waals surface area (Å²) in [5.41, 5.74) is 1.94. The normalized spacial score (nSPS) is 17.7. The summed E-state index contributed by atoms with van der Waals surface area (Å²) in [6, 6.07) is 5.34. The van der Waals surface area contributed by atoms with E-state index >= 15 is 0 Å². The molecule has 1 aliphatic rings. The molecule has 2 heterocycles. The van der Waals surface area contributed by atoms with Gasteiger partial charge in [0.1, 0.15) is 11.6 Å². The van der Waals surface area contributed by atoms with E-state index in [2.05, 4.69) is 9.55 Å². The first kappa shape index (κ1) is 10.6. The Hall–Kier alpha value is -1.55. The molecule has 90 valence electrons. The lowest BCUT2D eigenvalue weighted by Crippen LogP contribution is -2.17. The number of phenols is 1. The third-order valence-electron chi connectivity index (χ3n) is 3.49. The fourth-order valence-corrected chi connectivity index (χ4v) is 2.53. The smallest absolute Gasteiger partial charge is 0.117 e. The van der Waals surface area contributed by atoms with Crippen molar-refractivity contribution in [2.24, 2.45) is 7.05 Å². The van der Waals surface area contributed by atoms with Crippen LogP contribution in [-0.4, -0.2) is 27.9 Å². The van der Waals surface area contributed by atoms with E-state index in [1.54, 1.807) is 12.1 Å². The molecule has 1 aromatic carbocycles. The molecule has 3 rings (SSSR count). The number of hydrogen-bond donors (Lipinski definition) is 1. The highest BCUT2D eigenvalue weighted by atomic mass is 16.5. The highest BCUT2D eigenvalue weighted by Crippen LogP contribution is 2.29. The lowest BCUT2D eigenvalue weighted by Gasteiger charge is -2.21. The molecule has 0 atom stereocenters. The van der Waals surface area contributed by atoms with Crippen molar-refractivity contribution in [3.05, 3.63) is 24.0 Å². The molecule has 0 bridgehead atoms. The lowest BCUT2D eigenvalue weighted by molar-refractivity contribution is 0.0831. The van der Waals surface area contributed by atoms with Gasteiger partial charge in [0.2, 0.25) is 0 Å². The zero-order valence-electron chi connectivity index (χ0n) is 9.89. The molecule has 0 radical (unpaired) electrons. The van der Waals surface area contributed by atoms with E-state index in [-0.39, 0.29) is 5.75 Å². The molecule has 1 aliphatic heterocycles. The number of benzene rings is 1. The van der Waals surface area contributed by atoms with Crippen LogP contribution in [0.15, 0.2) is 18.2 Å². The maximum atomic E-state index is 9.47. The van der Waals surface area contributed by atoms with Crippen LogP contribution in [-0.2, 0) is 11.8 Å². The predicted molar refractivity (Wildman–Crippen MR) is 65.2 cm³/mol. The fraction of sp³-hybridized carbons (Fsp3) is 0.462. The number of nitrogens with zero attached hydrogens (tertiary/aromatic N) is 2. The molecule has 1 fully saturated rings. The van der Waals surface area contributed by atoms with E-state index in [1.165, 1.54) is 0 Å². The van der Waals surface area contributed by atoms with Gasteiger partial charge in [-0.1, -0.05) is 0 Å². The number of aryl methyl sites for hydroxylation is 1. The third kappa shape index (κ3) is 1.78. The summed E-state index contributed by atoms with van der Waals surface area (Å²) >= 11 is 0. The topological polar surface area (TPSA) is 47.3 Å². The summed E-state index contributed by atoms with van der Waals surface area (Å²) in [6.07, 6.45) is 2.06. The average molecular weight is 232 g/mol. The first-order valence-corrected chi connectivity index (χ1v) is 5.99. The zero-order valence-corrected chi connectivity index (χ0v) is 9.89. The molecule has 0 aliphatic carbocycles. The van der Waals surface area contributed by atoms with Gasteiger partial charge in [0, 0.05) is 32.2 Å². The maximum absolute atomic E-state index is 9.47. The molecule has 17 heavy (non-hydrogen) atoms. The van der Waals surface area contributed by atoms with Crippen LogP contribution in [0.5, 0.6) is 5.75 Å². The maximum Gasteiger partial charge on any atom is 0.117 e. The van der Waals surface area contributed by atoms with Crippen LogP contribution in [0.25, 0.3) is 11.0 Å². The summed E-state index contributed by atoms with van der Waals surface area (Å²) in [4.78, 5) is 4.64. The number of ether oxygens (including phenoxy) is 1. The Labute approximate surface area is 99.8 Å². The summed E-state index contributed by atoms with van der Waals surface area (Å²) < 4.78 is 7.51. The van der Waals surface area contributed by atoms with Gasteiger partial charge in [0.15, 0.2) is 0 Å². The Kier molecular flexibility index (Phi) is 2.52. The molecule has 4 nitrogen and oxygen atoms in total. The number of aromatic nitrogens is 2. The number of rotatable bonds is 1. The van der Waals surface area contributed by atoms with Gasteiger partial charge in [0.05, 0.1) is 11.0 Å². The molecular weight excluding hydrogens is 216 g/mol. The van der Waals surface area contributed by atoms with Crippen molar-refractivity contribution >= 4 is 11.0 Å². The SMILES string of the molecule is Cn1c(C2CCOCC2)nc2cc(O)ccc21. The Morgan fingerprint density at radius 1 is 1.35 bits per heavy atom. The molecule has 0 spiro atoms. The molecular formula is C13H16N2O2. The average Bonchev–Trinajstić information content (AvgIpc) is 2.67. The van der Waals surface area contributed by atoms with Crippen molar-refractivity contribution in [1.82, 2.24) is 9.55 Å². The van der Waals surface area contributed by atoms with E-state index in [9.17, 15) is 5.11 Å². The predicted octanol–water partition coefficient (Wildman–Crippen LogP) is 2.17. The Balaban J connectivity index is 2.07. The number of phenolic OH excluding ortho intramolecular Hbond substituents is 1. The number of aromatic hydroxyl groups is 1. The van der Waals surface area contributed by atoms with Gasteiger partial charge in [-0.25, -0.2) is 4.98 Å². The highest BCUT2D eigenvalue weighted by molar-refractivity contribution is 5.77. The molecule has 1 aromatic heterocycles. The van der Waals surface area contributed by atoms with Gasteiger partial charge in [-0.05, 0) is 25.0 Å². The van der Waals surface area contributed by atoms with Crippen molar-refractivity contribution in [2.45, 2.75) is 18.8 Å². The molecule has 1 N–H and O–H groups in total. The first-order valence-electron chi connectivity index (χ1n) is 5.99. The van der Waals surface area contributed by atoms with Gasteiger partial charge in [-0.15, -0.1) is 0 Å². The monoisotopic (exact) mass is 232 g/mol. The lowest BCUT2D eigenvalue weighted by atomic mass is 9.99. The summed E-state index contributed by atoms with van der Waals surface area (Å²) in [5, 5.41) is 9.47. The highest BCUT2D eigenvalue weighted by Gasteiger charge is 2.21. The van der Waals surface area contributed by atoms with Crippen molar-refractivity contribution in [3.8, 4) is 5.75 Å².